The average molecular weight is 277 g/mol. The van der Waals surface area contributed by atoms with Gasteiger partial charge in [-0.1, -0.05) is 12.1 Å². The molecule has 18 heavy (non-hydrogen) atoms. The molecule has 102 valence electrons. The predicted molar refractivity (Wildman–Crippen MR) is 70.7 cm³/mol. The van der Waals surface area contributed by atoms with Crippen molar-refractivity contribution < 1.29 is 13.9 Å². The molecule has 0 unspecified atom stereocenters. The van der Waals surface area contributed by atoms with E-state index in [0.29, 0.717) is 6.54 Å². The SMILES string of the molecule is CNCCNC(=O)CCOc1ccccc1F.Cl. The van der Waals surface area contributed by atoms with Crippen LogP contribution in [-0.2, 0) is 4.79 Å². The molecular formula is C12H18ClFN2O2. The maximum atomic E-state index is 13.1. The molecule has 0 atom stereocenters. The number of rotatable bonds is 7. The van der Waals surface area contributed by atoms with Crippen molar-refractivity contribution in [2.45, 2.75) is 6.42 Å². The van der Waals surface area contributed by atoms with Crippen molar-refractivity contribution in [3.63, 3.8) is 0 Å². The van der Waals surface area contributed by atoms with Crippen LogP contribution in [0.25, 0.3) is 0 Å². The van der Waals surface area contributed by atoms with Gasteiger partial charge in [-0.3, -0.25) is 4.79 Å². The third-order valence-electron chi connectivity index (χ3n) is 2.12. The number of carbonyl (C=O) groups is 1. The molecule has 0 radical (unpaired) electrons. The van der Waals surface area contributed by atoms with Gasteiger partial charge in [-0.25, -0.2) is 4.39 Å². The van der Waals surface area contributed by atoms with Crippen molar-refractivity contribution >= 4 is 18.3 Å². The largest absolute Gasteiger partial charge is 0.490 e. The Morgan fingerprint density at radius 2 is 2.06 bits per heavy atom. The molecule has 0 saturated carbocycles. The van der Waals surface area contributed by atoms with Crippen LogP contribution in [0.15, 0.2) is 24.3 Å². The van der Waals surface area contributed by atoms with Gasteiger partial charge in [-0.2, -0.15) is 0 Å². The molecule has 1 rings (SSSR count). The zero-order valence-electron chi connectivity index (χ0n) is 10.2. The number of benzene rings is 1. The second-order valence-electron chi connectivity index (χ2n) is 3.48. The van der Waals surface area contributed by atoms with Crippen LogP contribution in [-0.4, -0.2) is 32.7 Å². The third-order valence-corrected chi connectivity index (χ3v) is 2.12. The van der Waals surface area contributed by atoms with Crippen LogP contribution in [0, 0.1) is 5.82 Å². The smallest absolute Gasteiger partial charge is 0.223 e. The van der Waals surface area contributed by atoms with Crippen molar-refractivity contribution in [2.75, 3.05) is 26.7 Å². The normalized spacial score (nSPS) is 9.44. The lowest BCUT2D eigenvalue weighted by Crippen LogP contribution is -2.31. The lowest BCUT2D eigenvalue weighted by Gasteiger charge is -2.07. The van der Waals surface area contributed by atoms with E-state index in [9.17, 15) is 9.18 Å². The zero-order valence-corrected chi connectivity index (χ0v) is 11.1. The summed E-state index contributed by atoms with van der Waals surface area (Å²) >= 11 is 0. The Labute approximate surface area is 112 Å². The lowest BCUT2D eigenvalue weighted by molar-refractivity contribution is -0.121. The Morgan fingerprint density at radius 3 is 2.72 bits per heavy atom. The Kier molecular flexibility index (Phi) is 8.96. The maximum Gasteiger partial charge on any atom is 0.223 e. The summed E-state index contributed by atoms with van der Waals surface area (Å²) in [5, 5.41) is 5.63. The van der Waals surface area contributed by atoms with Crippen molar-refractivity contribution in [1.82, 2.24) is 10.6 Å². The van der Waals surface area contributed by atoms with E-state index in [1.165, 1.54) is 12.1 Å². The van der Waals surface area contributed by atoms with Crippen molar-refractivity contribution in [2.24, 2.45) is 0 Å². The number of para-hydroxylation sites is 1. The summed E-state index contributed by atoms with van der Waals surface area (Å²) in [4.78, 5) is 11.3. The fraction of sp³-hybridized carbons (Fsp3) is 0.417. The molecule has 0 aliphatic heterocycles. The standard InChI is InChI=1S/C12H17FN2O2.ClH/c1-14-7-8-15-12(16)6-9-17-11-5-3-2-4-10(11)13;/h2-5,14H,6-9H2,1H3,(H,15,16);1H. The molecule has 6 heteroatoms. The van der Waals surface area contributed by atoms with Gasteiger partial charge in [0.25, 0.3) is 0 Å². The fourth-order valence-corrected chi connectivity index (χ4v) is 1.23. The van der Waals surface area contributed by atoms with E-state index in [1.807, 2.05) is 7.05 Å². The van der Waals surface area contributed by atoms with Gasteiger partial charge in [0.05, 0.1) is 13.0 Å². The minimum absolute atomic E-state index is 0. The first-order chi connectivity index (χ1) is 8.24. The molecular weight excluding hydrogens is 259 g/mol. The highest BCUT2D eigenvalue weighted by molar-refractivity contribution is 5.85. The summed E-state index contributed by atoms with van der Waals surface area (Å²) in [7, 11) is 1.81. The molecule has 2 N–H and O–H groups in total. The maximum absolute atomic E-state index is 13.1. The lowest BCUT2D eigenvalue weighted by atomic mass is 10.3. The highest BCUT2D eigenvalue weighted by Crippen LogP contribution is 2.15. The topological polar surface area (TPSA) is 50.4 Å². The number of ether oxygens (including phenoxy) is 1. The van der Waals surface area contributed by atoms with Crippen LogP contribution in [0.4, 0.5) is 4.39 Å². The second-order valence-corrected chi connectivity index (χ2v) is 3.48. The van der Waals surface area contributed by atoms with Gasteiger partial charge in [0.1, 0.15) is 0 Å². The zero-order chi connectivity index (χ0) is 12.5. The summed E-state index contributed by atoms with van der Waals surface area (Å²) in [6.45, 7) is 1.47. The van der Waals surface area contributed by atoms with Gasteiger partial charge in [0.15, 0.2) is 11.6 Å². The Balaban J connectivity index is 0.00000289. The molecule has 0 fully saturated rings. The first-order valence-electron chi connectivity index (χ1n) is 5.52. The predicted octanol–water partition coefficient (Wildman–Crippen LogP) is 1.35. The number of hydrogen-bond acceptors (Lipinski definition) is 3. The van der Waals surface area contributed by atoms with Crippen molar-refractivity contribution in [1.29, 1.82) is 0 Å². The number of nitrogens with one attached hydrogen (secondary N) is 2. The summed E-state index contributed by atoms with van der Waals surface area (Å²) in [5.74, 6) is -0.338. The van der Waals surface area contributed by atoms with Gasteiger partial charge >= 0.3 is 0 Å². The van der Waals surface area contributed by atoms with E-state index in [-0.39, 0.29) is 37.1 Å². The molecule has 4 nitrogen and oxygen atoms in total. The average Bonchev–Trinajstić information content (AvgIpc) is 2.32. The van der Waals surface area contributed by atoms with Gasteiger partial charge in [0.2, 0.25) is 5.91 Å². The van der Waals surface area contributed by atoms with Crippen LogP contribution in [0.3, 0.4) is 0 Å². The monoisotopic (exact) mass is 276 g/mol. The molecule has 0 aliphatic carbocycles. The van der Waals surface area contributed by atoms with E-state index in [0.717, 1.165) is 6.54 Å². The van der Waals surface area contributed by atoms with Gasteiger partial charge in [0, 0.05) is 13.1 Å². The first-order valence-corrected chi connectivity index (χ1v) is 5.52. The van der Waals surface area contributed by atoms with Crippen LogP contribution < -0.4 is 15.4 Å². The molecule has 1 aromatic rings. The van der Waals surface area contributed by atoms with Crippen LogP contribution >= 0.6 is 12.4 Å². The van der Waals surface area contributed by atoms with Crippen molar-refractivity contribution in [3.8, 4) is 5.75 Å². The number of carbonyl (C=O) groups excluding carboxylic acids is 1. The number of amides is 1. The minimum atomic E-state index is -0.414. The van der Waals surface area contributed by atoms with E-state index in [2.05, 4.69) is 10.6 Å². The van der Waals surface area contributed by atoms with E-state index in [4.69, 9.17) is 4.74 Å². The molecule has 0 aromatic heterocycles. The van der Waals surface area contributed by atoms with E-state index >= 15 is 0 Å². The quantitative estimate of drug-likeness (QED) is 0.739. The summed E-state index contributed by atoms with van der Waals surface area (Å²) < 4.78 is 18.3. The Hall–Kier alpha value is -1.33. The summed E-state index contributed by atoms with van der Waals surface area (Å²) in [5.41, 5.74) is 0. The molecule has 0 bridgehead atoms. The first kappa shape index (κ1) is 16.7. The van der Waals surface area contributed by atoms with Gasteiger partial charge < -0.3 is 15.4 Å². The number of likely N-dealkylation sites (N-methyl/N-ethyl adjacent to an activating group) is 1. The molecule has 0 heterocycles. The summed E-state index contributed by atoms with van der Waals surface area (Å²) in [6.07, 6.45) is 0.220. The summed E-state index contributed by atoms with van der Waals surface area (Å²) in [6, 6.07) is 6.13. The molecule has 1 aromatic carbocycles. The number of hydrogen-bond donors (Lipinski definition) is 2. The van der Waals surface area contributed by atoms with Crippen LogP contribution in [0.2, 0.25) is 0 Å². The molecule has 1 amide bonds. The number of halogens is 2. The highest BCUT2D eigenvalue weighted by atomic mass is 35.5. The minimum Gasteiger partial charge on any atom is -0.490 e. The molecule has 0 saturated heterocycles. The van der Waals surface area contributed by atoms with Crippen molar-refractivity contribution in [3.05, 3.63) is 30.1 Å². The Bertz CT molecular complexity index is 364. The highest BCUT2D eigenvalue weighted by Gasteiger charge is 2.03. The Morgan fingerprint density at radius 1 is 1.33 bits per heavy atom. The van der Waals surface area contributed by atoms with E-state index in [1.54, 1.807) is 12.1 Å². The van der Waals surface area contributed by atoms with Gasteiger partial charge in [-0.15, -0.1) is 12.4 Å². The second kappa shape index (κ2) is 9.67. The molecule has 0 spiro atoms. The van der Waals surface area contributed by atoms with E-state index < -0.39 is 5.82 Å². The van der Waals surface area contributed by atoms with Crippen LogP contribution in [0.5, 0.6) is 5.75 Å². The van der Waals surface area contributed by atoms with Crippen LogP contribution in [0.1, 0.15) is 6.42 Å². The third kappa shape index (κ3) is 6.42. The molecule has 0 aliphatic rings. The van der Waals surface area contributed by atoms with Gasteiger partial charge in [-0.05, 0) is 19.2 Å². The fourth-order valence-electron chi connectivity index (χ4n) is 1.23.